The molecule has 70 valence electrons. The molecule has 0 aliphatic heterocycles. The highest BCUT2D eigenvalue weighted by molar-refractivity contribution is 4.95. The molecule has 2 unspecified atom stereocenters. The van der Waals surface area contributed by atoms with E-state index in [1.54, 1.807) is 0 Å². The van der Waals surface area contributed by atoms with Crippen molar-refractivity contribution in [1.29, 1.82) is 0 Å². The van der Waals surface area contributed by atoms with Gasteiger partial charge in [-0.05, 0) is 44.1 Å². The van der Waals surface area contributed by atoms with Crippen LogP contribution in [0.4, 0.5) is 0 Å². The van der Waals surface area contributed by atoms with Crippen LogP contribution in [0.2, 0.25) is 0 Å². The van der Waals surface area contributed by atoms with Gasteiger partial charge >= 0.3 is 0 Å². The molecule has 0 saturated heterocycles. The molecule has 1 heteroatoms. The van der Waals surface area contributed by atoms with Crippen LogP contribution in [0.5, 0.6) is 0 Å². The Bertz CT molecular complexity index is 162. The lowest BCUT2D eigenvalue weighted by atomic mass is 9.82. The Kier molecular flexibility index (Phi) is 3.33. The van der Waals surface area contributed by atoms with Crippen LogP contribution in [0.15, 0.2) is 12.2 Å². The summed E-state index contributed by atoms with van der Waals surface area (Å²) in [4.78, 5) is 0. The van der Waals surface area contributed by atoms with E-state index < -0.39 is 0 Å². The molecule has 0 aromatic carbocycles. The third-order valence-corrected chi connectivity index (χ3v) is 3.17. The number of nitrogens with two attached hydrogens (primary N) is 1. The maximum Gasteiger partial charge on any atom is -0.00175 e. The lowest BCUT2D eigenvalue weighted by Crippen LogP contribution is -2.27. The van der Waals surface area contributed by atoms with E-state index in [0.29, 0.717) is 5.41 Å². The summed E-state index contributed by atoms with van der Waals surface area (Å²) >= 11 is 0. The molecular weight excluding hydrogens is 146 g/mol. The quantitative estimate of drug-likeness (QED) is 0.643. The second kappa shape index (κ2) is 4.08. The van der Waals surface area contributed by atoms with Gasteiger partial charge in [-0.25, -0.2) is 0 Å². The van der Waals surface area contributed by atoms with E-state index >= 15 is 0 Å². The third-order valence-electron chi connectivity index (χ3n) is 3.17. The van der Waals surface area contributed by atoms with Gasteiger partial charge in [0.2, 0.25) is 0 Å². The third kappa shape index (κ3) is 2.10. The first kappa shape index (κ1) is 9.79. The van der Waals surface area contributed by atoms with Crippen molar-refractivity contribution in [3.05, 3.63) is 12.2 Å². The summed E-state index contributed by atoms with van der Waals surface area (Å²) in [5, 5.41) is 0. The van der Waals surface area contributed by atoms with Crippen LogP contribution >= 0.6 is 0 Å². The Morgan fingerprint density at radius 2 is 2.33 bits per heavy atom. The topological polar surface area (TPSA) is 26.0 Å². The van der Waals surface area contributed by atoms with E-state index in [-0.39, 0.29) is 0 Å². The van der Waals surface area contributed by atoms with Gasteiger partial charge in [-0.15, -0.1) is 0 Å². The van der Waals surface area contributed by atoms with Crippen LogP contribution in [0.25, 0.3) is 0 Å². The van der Waals surface area contributed by atoms with Gasteiger partial charge in [0.15, 0.2) is 0 Å². The molecule has 12 heavy (non-hydrogen) atoms. The monoisotopic (exact) mass is 167 g/mol. The summed E-state index contributed by atoms with van der Waals surface area (Å²) in [6, 6.07) is 0. The van der Waals surface area contributed by atoms with Crippen LogP contribution < -0.4 is 5.73 Å². The maximum atomic E-state index is 5.84. The maximum absolute atomic E-state index is 5.84. The first-order valence-electron chi connectivity index (χ1n) is 5.04. The Morgan fingerprint density at radius 3 is 2.75 bits per heavy atom. The highest BCUT2D eigenvalue weighted by atomic mass is 14.6. The van der Waals surface area contributed by atoms with Crippen molar-refractivity contribution in [2.45, 2.75) is 39.5 Å². The Hall–Kier alpha value is -0.300. The van der Waals surface area contributed by atoms with Crippen LogP contribution in [-0.2, 0) is 0 Å². The van der Waals surface area contributed by atoms with E-state index in [2.05, 4.69) is 26.0 Å². The molecule has 1 aliphatic rings. The lowest BCUT2D eigenvalue weighted by molar-refractivity contribution is 0.302. The molecule has 0 aromatic rings. The fraction of sp³-hybridized carbons (Fsp3) is 0.818. The highest BCUT2D eigenvalue weighted by Crippen LogP contribution is 2.43. The summed E-state index contributed by atoms with van der Waals surface area (Å²) in [7, 11) is 0. The van der Waals surface area contributed by atoms with Crippen LogP contribution in [0.3, 0.4) is 0 Å². The van der Waals surface area contributed by atoms with Gasteiger partial charge in [0.05, 0.1) is 0 Å². The van der Waals surface area contributed by atoms with Crippen molar-refractivity contribution in [1.82, 2.24) is 0 Å². The predicted octanol–water partition coefficient (Wildman–Crippen LogP) is 2.72. The molecule has 2 N–H and O–H groups in total. The normalized spacial score (nSPS) is 36.4. The van der Waals surface area contributed by atoms with E-state index in [1.165, 1.54) is 25.7 Å². The van der Waals surface area contributed by atoms with E-state index in [0.717, 1.165) is 12.5 Å². The molecule has 1 fully saturated rings. The molecular formula is C11H21N. The molecule has 1 aliphatic carbocycles. The van der Waals surface area contributed by atoms with E-state index in [9.17, 15) is 0 Å². The summed E-state index contributed by atoms with van der Waals surface area (Å²) in [5.41, 5.74) is 6.29. The molecule has 0 heterocycles. The van der Waals surface area contributed by atoms with Crippen molar-refractivity contribution in [3.8, 4) is 0 Å². The minimum absolute atomic E-state index is 0.450. The minimum Gasteiger partial charge on any atom is -0.330 e. The van der Waals surface area contributed by atoms with Crippen molar-refractivity contribution in [2.75, 3.05) is 6.54 Å². The zero-order valence-corrected chi connectivity index (χ0v) is 8.34. The van der Waals surface area contributed by atoms with E-state index in [1.807, 2.05) is 0 Å². The van der Waals surface area contributed by atoms with Gasteiger partial charge in [0.1, 0.15) is 0 Å². The average molecular weight is 167 g/mol. The first-order chi connectivity index (χ1) is 5.72. The molecule has 1 nitrogen and oxygen atoms in total. The molecule has 0 aromatic heterocycles. The summed E-state index contributed by atoms with van der Waals surface area (Å²) in [6.45, 7) is 5.29. The minimum atomic E-state index is 0.450. The van der Waals surface area contributed by atoms with Gasteiger partial charge < -0.3 is 5.73 Å². The lowest BCUT2D eigenvalue weighted by Gasteiger charge is -2.25. The molecule has 0 spiro atoms. The summed E-state index contributed by atoms with van der Waals surface area (Å²) in [5.74, 6) is 0.888. The number of hydrogen-bond acceptors (Lipinski definition) is 1. The molecule has 2 atom stereocenters. The second-order valence-electron chi connectivity index (χ2n) is 4.33. The van der Waals surface area contributed by atoms with Crippen molar-refractivity contribution in [3.63, 3.8) is 0 Å². The van der Waals surface area contributed by atoms with Gasteiger partial charge in [0.25, 0.3) is 0 Å². The number of allylic oxidation sites excluding steroid dienone is 2. The summed E-state index contributed by atoms with van der Waals surface area (Å²) < 4.78 is 0. The highest BCUT2D eigenvalue weighted by Gasteiger charge is 2.34. The Labute approximate surface area is 76.0 Å². The molecule has 0 radical (unpaired) electrons. The molecule has 1 rings (SSSR count). The molecule has 0 amide bonds. The Balaban J connectivity index is 2.52. The van der Waals surface area contributed by atoms with Crippen LogP contribution in [-0.4, -0.2) is 6.54 Å². The van der Waals surface area contributed by atoms with Gasteiger partial charge in [-0.1, -0.05) is 25.5 Å². The average Bonchev–Trinajstić information content (AvgIpc) is 2.45. The van der Waals surface area contributed by atoms with Crippen LogP contribution in [0, 0.1) is 11.3 Å². The van der Waals surface area contributed by atoms with Crippen LogP contribution in [0.1, 0.15) is 39.5 Å². The van der Waals surface area contributed by atoms with E-state index in [4.69, 9.17) is 5.73 Å². The molecule has 1 saturated carbocycles. The largest absolute Gasteiger partial charge is 0.330 e. The second-order valence-corrected chi connectivity index (χ2v) is 4.33. The Morgan fingerprint density at radius 1 is 1.58 bits per heavy atom. The number of hydrogen-bond donors (Lipinski definition) is 1. The zero-order valence-electron chi connectivity index (χ0n) is 8.34. The van der Waals surface area contributed by atoms with Gasteiger partial charge in [-0.2, -0.15) is 0 Å². The number of rotatable bonds is 3. The fourth-order valence-corrected chi connectivity index (χ4v) is 2.32. The zero-order chi connectivity index (χ0) is 9.03. The standard InChI is InChI=1S/C11H21N/c1-3-4-6-11(9-12)7-5-10(2)8-11/h3-4,10H,5-9,12H2,1-2H3/b4-3+. The van der Waals surface area contributed by atoms with Crippen molar-refractivity contribution < 1.29 is 0 Å². The van der Waals surface area contributed by atoms with Crippen molar-refractivity contribution in [2.24, 2.45) is 17.1 Å². The van der Waals surface area contributed by atoms with Crippen molar-refractivity contribution >= 4 is 0 Å². The first-order valence-corrected chi connectivity index (χ1v) is 5.04. The fourth-order valence-electron chi connectivity index (χ4n) is 2.32. The molecule has 0 bridgehead atoms. The predicted molar refractivity (Wildman–Crippen MR) is 53.9 cm³/mol. The summed E-state index contributed by atoms with van der Waals surface area (Å²) in [6.07, 6.45) is 9.62. The van der Waals surface area contributed by atoms with Gasteiger partial charge in [0, 0.05) is 0 Å². The van der Waals surface area contributed by atoms with Gasteiger partial charge in [-0.3, -0.25) is 0 Å². The smallest absolute Gasteiger partial charge is 0.00175 e. The SMILES string of the molecule is C/C=C/CC1(CN)CCC(C)C1.